The van der Waals surface area contributed by atoms with Crippen LogP contribution in [0.1, 0.15) is 25.7 Å². The number of nitrogens with zero attached hydrogens (tertiary/aromatic N) is 2. The summed E-state index contributed by atoms with van der Waals surface area (Å²) in [6.45, 7) is 0. The van der Waals surface area contributed by atoms with Crippen LogP contribution >= 0.6 is 23.3 Å². The normalized spacial score (nSPS) is 10.1. The monoisotopic (exact) mass is 289 g/mol. The van der Waals surface area contributed by atoms with Gasteiger partial charge in [-0.3, -0.25) is 9.59 Å². The van der Waals surface area contributed by atoms with Gasteiger partial charge in [0.05, 0.1) is 7.11 Å². The molecule has 0 fully saturated rings. The van der Waals surface area contributed by atoms with Gasteiger partial charge in [0.25, 0.3) is 0 Å². The second-order valence-electron chi connectivity index (χ2n) is 3.42. The van der Waals surface area contributed by atoms with E-state index in [9.17, 15) is 9.59 Å². The number of aromatic nitrogens is 2. The fourth-order valence-corrected chi connectivity index (χ4v) is 2.32. The standard InChI is InChI=1S/C10H15N3O3S2/c1-16-8(15)6-4-3-5-7(14)11-9-12-10(17-2)13-18-9/h3-6H2,1-2H3,(H,11,12,13,14). The maximum absolute atomic E-state index is 11.5. The molecule has 0 atom stereocenters. The summed E-state index contributed by atoms with van der Waals surface area (Å²) in [4.78, 5) is 26.5. The minimum absolute atomic E-state index is 0.108. The second-order valence-corrected chi connectivity index (χ2v) is 4.94. The third kappa shape index (κ3) is 5.46. The van der Waals surface area contributed by atoms with Crippen LogP contribution in [0.2, 0.25) is 0 Å². The van der Waals surface area contributed by atoms with Crippen LogP contribution in [-0.2, 0) is 14.3 Å². The molecule has 1 rings (SSSR count). The summed E-state index contributed by atoms with van der Waals surface area (Å²) in [6, 6.07) is 0. The Labute approximate surface area is 114 Å². The maximum atomic E-state index is 11.5. The molecule has 0 unspecified atom stereocenters. The van der Waals surface area contributed by atoms with Crippen LogP contribution in [0.15, 0.2) is 5.16 Å². The van der Waals surface area contributed by atoms with Crippen molar-refractivity contribution in [1.82, 2.24) is 9.36 Å². The minimum atomic E-state index is -0.246. The SMILES string of the molecule is COC(=O)CCCCC(=O)Nc1nc(SC)ns1. The highest BCUT2D eigenvalue weighted by atomic mass is 32.2. The highest BCUT2D eigenvalue weighted by Crippen LogP contribution is 2.17. The number of ether oxygens (including phenoxy) is 1. The van der Waals surface area contributed by atoms with E-state index in [1.807, 2.05) is 6.26 Å². The molecule has 1 N–H and O–H groups in total. The molecule has 0 aromatic carbocycles. The first-order valence-electron chi connectivity index (χ1n) is 5.40. The van der Waals surface area contributed by atoms with Crippen molar-refractivity contribution in [2.75, 3.05) is 18.7 Å². The van der Waals surface area contributed by atoms with Gasteiger partial charge in [0.2, 0.25) is 16.2 Å². The van der Waals surface area contributed by atoms with Crippen LogP contribution in [0.25, 0.3) is 0 Å². The van der Waals surface area contributed by atoms with Gasteiger partial charge in [-0.1, -0.05) is 11.8 Å². The first-order chi connectivity index (χ1) is 8.65. The number of nitrogens with one attached hydrogen (secondary N) is 1. The van der Waals surface area contributed by atoms with Crippen molar-refractivity contribution in [3.05, 3.63) is 0 Å². The Hall–Kier alpha value is -1.15. The third-order valence-corrected chi connectivity index (χ3v) is 3.39. The fraction of sp³-hybridized carbons (Fsp3) is 0.600. The summed E-state index contributed by atoms with van der Waals surface area (Å²) in [5, 5.41) is 3.84. The molecular weight excluding hydrogens is 274 g/mol. The molecular formula is C10H15N3O3S2. The molecule has 0 aliphatic carbocycles. The molecule has 0 saturated carbocycles. The number of amides is 1. The molecule has 18 heavy (non-hydrogen) atoms. The molecule has 1 aromatic heterocycles. The van der Waals surface area contributed by atoms with Crippen LogP contribution in [0.5, 0.6) is 0 Å². The van der Waals surface area contributed by atoms with Gasteiger partial charge in [0.1, 0.15) is 0 Å². The molecule has 1 heterocycles. The Balaban J connectivity index is 2.19. The summed E-state index contributed by atoms with van der Waals surface area (Å²) < 4.78 is 8.55. The highest BCUT2D eigenvalue weighted by molar-refractivity contribution is 7.98. The molecule has 0 saturated heterocycles. The van der Waals surface area contributed by atoms with E-state index < -0.39 is 0 Å². The van der Waals surface area contributed by atoms with Crippen LogP contribution in [0.3, 0.4) is 0 Å². The number of hydrogen-bond acceptors (Lipinski definition) is 7. The van der Waals surface area contributed by atoms with Gasteiger partial charge in [-0.15, -0.1) is 0 Å². The van der Waals surface area contributed by atoms with E-state index in [0.717, 1.165) is 11.5 Å². The smallest absolute Gasteiger partial charge is 0.305 e. The van der Waals surface area contributed by atoms with Crippen molar-refractivity contribution in [1.29, 1.82) is 0 Å². The minimum Gasteiger partial charge on any atom is -0.469 e. The maximum Gasteiger partial charge on any atom is 0.305 e. The molecule has 100 valence electrons. The Kier molecular flexibility index (Phi) is 6.66. The average molecular weight is 289 g/mol. The number of anilines is 1. The topological polar surface area (TPSA) is 81.2 Å². The third-order valence-electron chi connectivity index (χ3n) is 2.10. The Morgan fingerprint density at radius 1 is 1.39 bits per heavy atom. The Bertz CT molecular complexity index is 409. The van der Waals surface area contributed by atoms with Gasteiger partial charge in [-0.25, -0.2) is 0 Å². The number of rotatable bonds is 7. The summed E-state index contributed by atoms with van der Waals surface area (Å²) in [7, 11) is 1.35. The quantitative estimate of drug-likeness (QED) is 0.469. The highest BCUT2D eigenvalue weighted by Gasteiger charge is 2.08. The fourth-order valence-electron chi connectivity index (χ4n) is 1.18. The Morgan fingerprint density at radius 3 is 2.72 bits per heavy atom. The van der Waals surface area contributed by atoms with E-state index in [2.05, 4.69) is 19.4 Å². The molecule has 0 spiro atoms. The average Bonchev–Trinajstić information content (AvgIpc) is 2.81. The number of carbonyl (C=O) groups is 2. The van der Waals surface area contributed by atoms with E-state index in [0.29, 0.717) is 36.0 Å². The van der Waals surface area contributed by atoms with Gasteiger partial charge in [0.15, 0.2) is 0 Å². The van der Waals surface area contributed by atoms with Crippen molar-refractivity contribution in [2.45, 2.75) is 30.8 Å². The van der Waals surface area contributed by atoms with Gasteiger partial charge in [-0.05, 0) is 19.1 Å². The summed E-state index contributed by atoms with van der Waals surface area (Å²) in [6.07, 6.45) is 3.88. The predicted molar refractivity (Wildman–Crippen MR) is 70.8 cm³/mol. The number of carbonyl (C=O) groups excluding carboxylic acids is 2. The number of hydrogen-bond donors (Lipinski definition) is 1. The number of unbranched alkanes of at least 4 members (excludes halogenated alkanes) is 1. The van der Waals surface area contributed by atoms with Crippen molar-refractivity contribution in [2.24, 2.45) is 0 Å². The van der Waals surface area contributed by atoms with Crippen molar-refractivity contribution in [3.8, 4) is 0 Å². The van der Waals surface area contributed by atoms with Gasteiger partial charge >= 0.3 is 5.97 Å². The first-order valence-corrected chi connectivity index (χ1v) is 7.40. The first kappa shape index (κ1) is 14.9. The number of methoxy groups -OCH3 is 1. The largest absolute Gasteiger partial charge is 0.469 e. The van der Waals surface area contributed by atoms with Crippen LogP contribution in [-0.4, -0.2) is 34.6 Å². The lowest BCUT2D eigenvalue weighted by molar-refractivity contribution is -0.140. The summed E-state index contributed by atoms with van der Waals surface area (Å²) >= 11 is 2.59. The lowest BCUT2D eigenvalue weighted by Crippen LogP contribution is -2.11. The van der Waals surface area contributed by atoms with Gasteiger partial charge in [0, 0.05) is 24.4 Å². The summed E-state index contributed by atoms with van der Waals surface area (Å²) in [5.41, 5.74) is 0. The molecule has 0 radical (unpaired) electrons. The second kappa shape index (κ2) is 8.04. The van der Waals surface area contributed by atoms with E-state index in [1.54, 1.807) is 0 Å². The molecule has 0 aliphatic rings. The van der Waals surface area contributed by atoms with E-state index >= 15 is 0 Å². The Morgan fingerprint density at radius 2 is 2.11 bits per heavy atom. The molecule has 8 heteroatoms. The zero-order chi connectivity index (χ0) is 13.4. The van der Waals surface area contributed by atoms with E-state index in [4.69, 9.17) is 0 Å². The zero-order valence-corrected chi connectivity index (χ0v) is 11.9. The van der Waals surface area contributed by atoms with Crippen LogP contribution in [0, 0.1) is 0 Å². The summed E-state index contributed by atoms with van der Waals surface area (Å²) in [5.74, 6) is -0.354. The molecule has 1 aromatic rings. The van der Waals surface area contributed by atoms with E-state index in [-0.39, 0.29) is 11.9 Å². The number of esters is 1. The van der Waals surface area contributed by atoms with Gasteiger partial charge in [-0.2, -0.15) is 9.36 Å². The molecule has 0 aliphatic heterocycles. The van der Waals surface area contributed by atoms with Crippen molar-refractivity contribution < 1.29 is 14.3 Å². The molecule has 0 bridgehead atoms. The van der Waals surface area contributed by atoms with Crippen LogP contribution < -0.4 is 5.32 Å². The predicted octanol–water partition coefficient (Wildman–Crippen LogP) is 1.93. The van der Waals surface area contributed by atoms with Crippen molar-refractivity contribution in [3.63, 3.8) is 0 Å². The van der Waals surface area contributed by atoms with E-state index in [1.165, 1.54) is 18.9 Å². The molecule has 6 nitrogen and oxygen atoms in total. The molecule has 1 amide bonds. The zero-order valence-electron chi connectivity index (χ0n) is 10.3. The van der Waals surface area contributed by atoms with Crippen molar-refractivity contribution >= 4 is 40.3 Å². The van der Waals surface area contributed by atoms with Crippen LogP contribution in [0.4, 0.5) is 5.13 Å². The van der Waals surface area contributed by atoms with Gasteiger partial charge < -0.3 is 10.1 Å². The lowest BCUT2D eigenvalue weighted by atomic mass is 10.2. The number of thioether (sulfide) groups is 1. The lowest BCUT2D eigenvalue weighted by Gasteiger charge is -2.01.